The quantitative estimate of drug-likeness (QED) is 0.439. The average molecular weight is 594 g/mol. The molecule has 7 nitrogen and oxygen atoms in total. The van der Waals surface area contributed by atoms with Crippen LogP contribution in [0, 0.1) is 11.3 Å². The maximum Gasteiger partial charge on any atom is 0.395 e. The number of amides is 2. The number of carbonyl (C=O) groups excluding carboxylic acids is 2. The number of primary amides is 1. The number of hydrogen-bond acceptors (Lipinski definition) is 5. The molecule has 0 spiro atoms. The maximum absolute atomic E-state index is 16.6. The first-order valence-corrected chi connectivity index (χ1v) is 14.6. The van der Waals surface area contributed by atoms with Gasteiger partial charge in [-0.25, -0.2) is 4.39 Å². The zero-order chi connectivity index (χ0) is 30.3. The van der Waals surface area contributed by atoms with Crippen LogP contribution in [0.2, 0.25) is 0 Å². The first kappa shape index (κ1) is 30.5. The van der Waals surface area contributed by atoms with Crippen LogP contribution in [0.3, 0.4) is 0 Å². The highest BCUT2D eigenvalue weighted by Crippen LogP contribution is 2.53. The van der Waals surface area contributed by atoms with E-state index in [0.717, 1.165) is 17.7 Å². The largest absolute Gasteiger partial charge is 0.493 e. The average Bonchev–Trinajstić information content (AvgIpc) is 3.24. The number of halogens is 4. The molecule has 1 aromatic carbocycles. The second kappa shape index (κ2) is 11.3. The summed E-state index contributed by atoms with van der Waals surface area (Å²) in [4.78, 5) is 28.7. The minimum Gasteiger partial charge on any atom is -0.493 e. The summed E-state index contributed by atoms with van der Waals surface area (Å²) in [6.07, 6.45) is 3.23. The van der Waals surface area contributed by atoms with Gasteiger partial charge in [-0.05, 0) is 75.4 Å². The number of β-amino-alcohol motifs (C(OH)–C–C–N with tert-alkyl or cyclic N) is 1. The number of benzene rings is 1. The molecule has 5 rings (SSSR count). The summed E-state index contributed by atoms with van der Waals surface area (Å²) in [7, 11) is 0. The smallest absolute Gasteiger partial charge is 0.395 e. The van der Waals surface area contributed by atoms with Crippen LogP contribution < -0.4 is 10.5 Å². The number of rotatable bonds is 8. The van der Waals surface area contributed by atoms with Crippen molar-refractivity contribution >= 4 is 11.8 Å². The summed E-state index contributed by atoms with van der Waals surface area (Å²) >= 11 is 0. The Bertz CT molecular complexity index is 1220. The summed E-state index contributed by atoms with van der Waals surface area (Å²) in [6, 6.07) is 6.79. The van der Waals surface area contributed by atoms with Crippen molar-refractivity contribution in [3.8, 4) is 5.75 Å². The Kier molecular flexibility index (Phi) is 8.21. The molecule has 0 bridgehead atoms. The zero-order valence-electron chi connectivity index (χ0n) is 23.8. The monoisotopic (exact) mass is 593 g/mol. The number of nitrogens with two attached hydrogens (primary N) is 1. The van der Waals surface area contributed by atoms with Gasteiger partial charge in [-0.1, -0.05) is 36.8 Å². The van der Waals surface area contributed by atoms with E-state index >= 15 is 4.39 Å². The summed E-state index contributed by atoms with van der Waals surface area (Å²) in [5.41, 5.74) is 0.537. The van der Waals surface area contributed by atoms with Gasteiger partial charge in [0.1, 0.15) is 11.3 Å². The number of ether oxygens (including phenoxy) is 1. The highest BCUT2D eigenvalue weighted by atomic mass is 19.4. The third-order valence-electron chi connectivity index (χ3n) is 9.80. The first-order valence-electron chi connectivity index (χ1n) is 14.6. The Morgan fingerprint density at radius 1 is 1.12 bits per heavy atom. The van der Waals surface area contributed by atoms with Crippen LogP contribution in [0.5, 0.6) is 5.75 Å². The molecule has 42 heavy (non-hydrogen) atoms. The van der Waals surface area contributed by atoms with Gasteiger partial charge in [-0.15, -0.1) is 0 Å². The van der Waals surface area contributed by atoms with Crippen LogP contribution in [0.15, 0.2) is 48.6 Å². The van der Waals surface area contributed by atoms with Gasteiger partial charge in [0.05, 0.1) is 18.1 Å². The fourth-order valence-corrected chi connectivity index (χ4v) is 6.83. The molecule has 0 radical (unpaired) electrons. The number of likely N-dealkylation sites (tertiary alicyclic amines) is 2. The van der Waals surface area contributed by atoms with Crippen molar-refractivity contribution in [2.45, 2.75) is 74.9 Å². The molecule has 230 valence electrons. The van der Waals surface area contributed by atoms with Gasteiger partial charge in [-0.3, -0.25) is 9.59 Å². The lowest BCUT2D eigenvalue weighted by Gasteiger charge is -2.47. The molecule has 11 heteroatoms. The predicted molar refractivity (Wildman–Crippen MR) is 148 cm³/mol. The van der Waals surface area contributed by atoms with E-state index in [4.69, 9.17) is 10.5 Å². The first-order chi connectivity index (χ1) is 19.8. The van der Waals surface area contributed by atoms with E-state index < -0.39 is 46.6 Å². The highest BCUT2D eigenvalue weighted by molar-refractivity contribution is 5.96. The lowest BCUT2D eigenvalue weighted by molar-refractivity contribution is -0.256. The Hall–Kier alpha value is -2.92. The van der Waals surface area contributed by atoms with Gasteiger partial charge in [-0.2, -0.15) is 13.2 Å². The molecule has 3 N–H and O–H groups in total. The second-order valence-corrected chi connectivity index (χ2v) is 12.6. The fraction of sp³-hybridized carbons (Fsp3) is 0.613. The Morgan fingerprint density at radius 2 is 1.79 bits per heavy atom. The Labute approximate surface area is 243 Å². The van der Waals surface area contributed by atoms with Crippen LogP contribution in [-0.2, 0) is 9.59 Å². The number of alkyl halides is 4. The van der Waals surface area contributed by atoms with Crippen molar-refractivity contribution in [1.82, 2.24) is 9.80 Å². The molecule has 4 unspecified atom stereocenters. The normalized spacial score (nSPS) is 31.6. The fourth-order valence-electron chi connectivity index (χ4n) is 6.83. The van der Waals surface area contributed by atoms with Crippen LogP contribution >= 0.6 is 0 Å². The van der Waals surface area contributed by atoms with Crippen molar-refractivity contribution < 1.29 is 37.0 Å². The van der Waals surface area contributed by atoms with E-state index in [9.17, 15) is 27.9 Å². The maximum atomic E-state index is 16.6. The van der Waals surface area contributed by atoms with E-state index in [1.165, 1.54) is 19.1 Å². The lowest BCUT2D eigenvalue weighted by Crippen LogP contribution is -2.59. The van der Waals surface area contributed by atoms with Gasteiger partial charge >= 0.3 is 6.18 Å². The molecule has 2 aliphatic carbocycles. The van der Waals surface area contributed by atoms with E-state index in [0.29, 0.717) is 37.4 Å². The minimum absolute atomic E-state index is 0.0617. The lowest BCUT2D eigenvalue weighted by atomic mass is 9.67. The van der Waals surface area contributed by atoms with Crippen molar-refractivity contribution in [2.24, 2.45) is 17.1 Å². The van der Waals surface area contributed by atoms with Crippen LogP contribution in [0.25, 0.3) is 0 Å². The molecule has 2 amide bonds. The molecule has 4 atom stereocenters. The van der Waals surface area contributed by atoms with Crippen molar-refractivity contribution in [1.29, 1.82) is 0 Å². The molecule has 1 saturated carbocycles. The molecule has 0 aromatic heterocycles. The number of hydrogen-bond donors (Lipinski definition) is 2. The summed E-state index contributed by atoms with van der Waals surface area (Å²) in [5.74, 6) is -1.92. The Morgan fingerprint density at radius 3 is 2.36 bits per heavy atom. The van der Waals surface area contributed by atoms with Gasteiger partial charge in [0.2, 0.25) is 11.6 Å². The zero-order valence-corrected chi connectivity index (χ0v) is 23.8. The number of aliphatic hydroxyl groups is 1. The van der Waals surface area contributed by atoms with Crippen LogP contribution in [0.4, 0.5) is 17.6 Å². The molecule has 3 fully saturated rings. The van der Waals surface area contributed by atoms with Gasteiger partial charge < -0.3 is 25.4 Å². The molecule has 2 heterocycles. The van der Waals surface area contributed by atoms with Crippen LogP contribution in [0.1, 0.15) is 56.9 Å². The molecule has 2 saturated heterocycles. The number of allylic oxidation sites excluding steroid dienone is 3. The molecule has 1 aromatic rings. The van der Waals surface area contributed by atoms with Crippen molar-refractivity contribution in [3.05, 3.63) is 54.1 Å². The van der Waals surface area contributed by atoms with E-state index in [1.807, 2.05) is 4.90 Å². The molecule has 4 aliphatic rings. The Balaban J connectivity index is 1.18. The van der Waals surface area contributed by atoms with E-state index in [-0.39, 0.29) is 38.3 Å². The van der Waals surface area contributed by atoms with Crippen LogP contribution in [-0.4, -0.2) is 83.0 Å². The topological polar surface area (TPSA) is 96.1 Å². The molecular weight excluding hydrogens is 554 g/mol. The van der Waals surface area contributed by atoms with Crippen molar-refractivity contribution in [2.75, 3.05) is 32.8 Å². The second-order valence-electron chi connectivity index (χ2n) is 12.6. The highest BCUT2D eigenvalue weighted by Gasteiger charge is 2.59. The molecule has 2 aliphatic heterocycles. The van der Waals surface area contributed by atoms with Gasteiger partial charge in [0, 0.05) is 25.4 Å². The molecular formula is C31H39F4N3O4. The summed E-state index contributed by atoms with van der Waals surface area (Å²) in [6.45, 7) is 2.98. The standard InChI is InChI=1S/C31H39F4N3O4/c1-28(26(36)40)17-23(39)18-38(28)27(41)30(32)14-3-2-5-25(30)22-6-8-24(9-7-22)42-19-21-10-15-37(16-11-21)20-29(12-4-13-29)31(33,34)35/h2-3,5-9,14,21,23,25,39H,4,10-13,15-20H2,1H3,(H2,36,40). The number of aliphatic hydroxyl groups excluding tert-OH is 1. The third kappa shape index (κ3) is 5.57. The minimum atomic E-state index is -4.16. The number of carbonyl (C=O) groups is 2. The van der Waals surface area contributed by atoms with Gasteiger partial charge in [0.15, 0.2) is 0 Å². The van der Waals surface area contributed by atoms with E-state index in [2.05, 4.69) is 0 Å². The summed E-state index contributed by atoms with van der Waals surface area (Å²) in [5, 5.41) is 10.2. The number of piperidine rings is 1. The summed E-state index contributed by atoms with van der Waals surface area (Å²) < 4.78 is 63.2. The SMILES string of the molecule is CC1(C(N)=O)CC(O)CN1C(=O)C1(F)C=CC=CC1c1ccc(OCC2CCN(CC3(C(F)(F)F)CCC3)CC2)cc1. The number of nitrogens with zero attached hydrogens (tertiary/aromatic N) is 2. The van der Waals surface area contributed by atoms with Gasteiger partial charge in [0.25, 0.3) is 5.91 Å². The van der Waals surface area contributed by atoms with E-state index in [1.54, 1.807) is 36.4 Å². The third-order valence-corrected chi connectivity index (χ3v) is 9.80. The predicted octanol–water partition coefficient (Wildman–Crippen LogP) is 4.27. The van der Waals surface area contributed by atoms with Crippen molar-refractivity contribution in [3.63, 3.8) is 0 Å².